The van der Waals surface area contributed by atoms with Crippen LogP contribution in [0.5, 0.6) is 0 Å². The Kier molecular flexibility index (Phi) is 4.26. The van der Waals surface area contributed by atoms with Gasteiger partial charge in [0.15, 0.2) is 0 Å². The van der Waals surface area contributed by atoms with Crippen molar-refractivity contribution in [1.82, 2.24) is 4.90 Å². The third-order valence-corrected chi connectivity index (χ3v) is 5.46. The Labute approximate surface area is 133 Å². The van der Waals surface area contributed by atoms with Crippen LogP contribution in [-0.2, 0) is 16.0 Å². The second-order valence-corrected chi connectivity index (χ2v) is 7.36. The molecule has 2 aliphatic rings. The van der Waals surface area contributed by atoms with Crippen LogP contribution in [0.2, 0.25) is 0 Å². The van der Waals surface area contributed by atoms with E-state index in [2.05, 4.69) is 36.9 Å². The van der Waals surface area contributed by atoms with Crippen LogP contribution in [0.1, 0.15) is 50.2 Å². The highest BCUT2D eigenvalue weighted by Crippen LogP contribution is 2.49. The number of carbonyl (C=O) groups is 1. The Balaban J connectivity index is 1.62. The molecule has 22 heavy (non-hydrogen) atoms. The van der Waals surface area contributed by atoms with Crippen molar-refractivity contribution in [2.45, 2.75) is 51.6 Å². The first-order chi connectivity index (χ1) is 10.5. The predicted octanol–water partition coefficient (Wildman–Crippen LogP) is 3.38. The van der Waals surface area contributed by atoms with E-state index in [0.29, 0.717) is 23.9 Å². The molecule has 2 fully saturated rings. The largest absolute Gasteiger partial charge is 0.381 e. The zero-order valence-electron chi connectivity index (χ0n) is 14.0. The molecule has 1 spiro atoms. The van der Waals surface area contributed by atoms with Gasteiger partial charge in [-0.2, -0.15) is 0 Å². The first-order valence-electron chi connectivity index (χ1n) is 8.41. The summed E-state index contributed by atoms with van der Waals surface area (Å²) in [5.74, 6) is 0.744. The van der Waals surface area contributed by atoms with Crippen molar-refractivity contribution in [3.8, 4) is 0 Å². The number of hydrogen-bond acceptors (Lipinski definition) is 2. The Morgan fingerprint density at radius 2 is 2.09 bits per heavy atom. The van der Waals surface area contributed by atoms with E-state index < -0.39 is 0 Å². The molecule has 1 saturated heterocycles. The molecule has 0 radical (unpaired) electrons. The van der Waals surface area contributed by atoms with Gasteiger partial charge in [0.25, 0.3) is 0 Å². The predicted molar refractivity (Wildman–Crippen MR) is 87.9 cm³/mol. The zero-order valence-corrected chi connectivity index (χ0v) is 14.0. The lowest BCUT2D eigenvalue weighted by Crippen LogP contribution is -2.44. The molecule has 3 nitrogen and oxygen atoms in total. The summed E-state index contributed by atoms with van der Waals surface area (Å²) in [7, 11) is 1.79. The number of amides is 1. The molecule has 3 heteroatoms. The summed E-state index contributed by atoms with van der Waals surface area (Å²) >= 11 is 0. The van der Waals surface area contributed by atoms with E-state index in [1.54, 1.807) is 7.11 Å². The van der Waals surface area contributed by atoms with Crippen LogP contribution in [0, 0.1) is 5.41 Å². The monoisotopic (exact) mass is 301 g/mol. The Hall–Kier alpha value is -1.35. The van der Waals surface area contributed by atoms with Gasteiger partial charge in [-0.1, -0.05) is 38.1 Å². The second kappa shape index (κ2) is 6.04. The lowest BCUT2D eigenvalue weighted by atomic mass is 9.66. The summed E-state index contributed by atoms with van der Waals surface area (Å²) in [6.07, 6.45) is 4.34. The molecule has 0 atom stereocenters. The number of ether oxygens (including phenoxy) is 1. The van der Waals surface area contributed by atoms with Gasteiger partial charge in [0, 0.05) is 20.2 Å². The smallest absolute Gasteiger partial charge is 0.227 e. The molecule has 0 aromatic heterocycles. The van der Waals surface area contributed by atoms with E-state index in [9.17, 15) is 4.79 Å². The summed E-state index contributed by atoms with van der Waals surface area (Å²) in [5.41, 5.74) is 2.84. The van der Waals surface area contributed by atoms with Gasteiger partial charge in [0.1, 0.15) is 0 Å². The van der Waals surface area contributed by atoms with Crippen molar-refractivity contribution in [2.24, 2.45) is 5.41 Å². The zero-order chi connectivity index (χ0) is 15.7. The van der Waals surface area contributed by atoms with E-state index in [0.717, 1.165) is 32.4 Å². The summed E-state index contributed by atoms with van der Waals surface area (Å²) in [6.45, 7) is 6.22. The molecule has 0 bridgehead atoms. The average Bonchev–Trinajstić information content (AvgIpc) is 2.91. The van der Waals surface area contributed by atoms with Crippen LogP contribution >= 0.6 is 0 Å². The molecule has 0 unspecified atom stereocenters. The molecule has 1 aliphatic heterocycles. The lowest BCUT2D eigenvalue weighted by molar-refractivity contribution is -0.131. The standard InChI is InChI=1S/C19H27NO2/c1-14(2)17-7-5-4-6-15(17)10-18(21)20-9-8-19(13-20)11-16(12-19)22-3/h4-7,14,16H,8-13H2,1-3H3. The van der Waals surface area contributed by atoms with Crippen molar-refractivity contribution < 1.29 is 9.53 Å². The molecular weight excluding hydrogens is 274 g/mol. The highest BCUT2D eigenvalue weighted by atomic mass is 16.5. The molecule has 3 rings (SSSR count). The maximum absolute atomic E-state index is 12.7. The first-order valence-corrected chi connectivity index (χ1v) is 8.41. The fraction of sp³-hybridized carbons (Fsp3) is 0.632. The number of methoxy groups -OCH3 is 1. The summed E-state index contributed by atoms with van der Waals surface area (Å²) < 4.78 is 5.40. The third-order valence-electron chi connectivity index (χ3n) is 5.46. The minimum atomic E-state index is 0.283. The molecule has 1 aromatic rings. The van der Waals surface area contributed by atoms with Crippen LogP contribution in [-0.4, -0.2) is 37.1 Å². The highest BCUT2D eigenvalue weighted by Gasteiger charge is 2.49. The van der Waals surface area contributed by atoms with Gasteiger partial charge < -0.3 is 9.64 Å². The SMILES string of the molecule is COC1CC2(CCN(C(=O)Cc3ccccc3C(C)C)C2)C1. The van der Waals surface area contributed by atoms with Gasteiger partial charge >= 0.3 is 0 Å². The topological polar surface area (TPSA) is 29.5 Å². The van der Waals surface area contributed by atoms with Gasteiger partial charge in [-0.05, 0) is 41.7 Å². The van der Waals surface area contributed by atoms with E-state index in [1.165, 1.54) is 11.1 Å². The minimum Gasteiger partial charge on any atom is -0.381 e. The molecule has 1 aromatic carbocycles. The van der Waals surface area contributed by atoms with Gasteiger partial charge in [-0.3, -0.25) is 4.79 Å². The molecule has 1 heterocycles. The number of likely N-dealkylation sites (tertiary alicyclic amines) is 1. The molecule has 0 N–H and O–H groups in total. The lowest BCUT2D eigenvalue weighted by Gasteiger charge is -2.44. The minimum absolute atomic E-state index is 0.283. The second-order valence-electron chi connectivity index (χ2n) is 7.36. The van der Waals surface area contributed by atoms with Gasteiger partial charge in [-0.15, -0.1) is 0 Å². The number of rotatable bonds is 4. The molecule has 1 aliphatic carbocycles. The van der Waals surface area contributed by atoms with Crippen molar-refractivity contribution in [3.05, 3.63) is 35.4 Å². The summed E-state index contributed by atoms with van der Waals surface area (Å²) in [4.78, 5) is 14.7. The quantitative estimate of drug-likeness (QED) is 0.853. The van der Waals surface area contributed by atoms with E-state index >= 15 is 0 Å². The Morgan fingerprint density at radius 3 is 2.77 bits per heavy atom. The van der Waals surface area contributed by atoms with Crippen LogP contribution in [0.4, 0.5) is 0 Å². The molecule has 1 amide bonds. The average molecular weight is 301 g/mol. The summed E-state index contributed by atoms with van der Waals surface area (Å²) in [5, 5.41) is 0. The van der Waals surface area contributed by atoms with Gasteiger partial charge in [0.05, 0.1) is 12.5 Å². The van der Waals surface area contributed by atoms with E-state index in [1.807, 2.05) is 6.07 Å². The molecule has 1 saturated carbocycles. The maximum atomic E-state index is 12.7. The first kappa shape index (κ1) is 15.5. The number of hydrogen-bond donors (Lipinski definition) is 0. The van der Waals surface area contributed by atoms with Crippen LogP contribution in [0.15, 0.2) is 24.3 Å². The van der Waals surface area contributed by atoms with Crippen LogP contribution in [0.25, 0.3) is 0 Å². The van der Waals surface area contributed by atoms with Crippen molar-refractivity contribution in [1.29, 1.82) is 0 Å². The summed E-state index contributed by atoms with van der Waals surface area (Å²) in [6, 6.07) is 8.35. The van der Waals surface area contributed by atoms with E-state index in [-0.39, 0.29) is 5.91 Å². The number of benzene rings is 1. The van der Waals surface area contributed by atoms with Crippen molar-refractivity contribution in [3.63, 3.8) is 0 Å². The highest BCUT2D eigenvalue weighted by molar-refractivity contribution is 5.79. The number of nitrogens with zero attached hydrogens (tertiary/aromatic N) is 1. The van der Waals surface area contributed by atoms with Gasteiger partial charge in [0.2, 0.25) is 5.91 Å². The van der Waals surface area contributed by atoms with Crippen molar-refractivity contribution in [2.75, 3.05) is 20.2 Å². The van der Waals surface area contributed by atoms with E-state index in [4.69, 9.17) is 4.74 Å². The fourth-order valence-electron chi connectivity index (χ4n) is 4.09. The fourth-order valence-corrected chi connectivity index (χ4v) is 4.09. The normalized spacial score (nSPS) is 27.5. The number of carbonyl (C=O) groups excluding carboxylic acids is 1. The van der Waals surface area contributed by atoms with Gasteiger partial charge in [-0.25, -0.2) is 0 Å². The van der Waals surface area contributed by atoms with Crippen LogP contribution < -0.4 is 0 Å². The third kappa shape index (κ3) is 2.91. The molecular formula is C19H27NO2. The van der Waals surface area contributed by atoms with Crippen molar-refractivity contribution >= 4 is 5.91 Å². The Morgan fingerprint density at radius 1 is 1.36 bits per heavy atom. The maximum Gasteiger partial charge on any atom is 0.227 e. The molecule has 120 valence electrons. The van der Waals surface area contributed by atoms with Crippen LogP contribution in [0.3, 0.4) is 0 Å². The Bertz CT molecular complexity index is 546.